The van der Waals surface area contributed by atoms with Gasteiger partial charge in [0.25, 0.3) is 11.8 Å². The van der Waals surface area contributed by atoms with Gasteiger partial charge in [-0.1, -0.05) is 23.4 Å². The Morgan fingerprint density at radius 3 is 2.80 bits per heavy atom. The van der Waals surface area contributed by atoms with E-state index in [-0.39, 0.29) is 12.5 Å². The van der Waals surface area contributed by atoms with Crippen molar-refractivity contribution in [2.75, 3.05) is 7.11 Å². The van der Waals surface area contributed by atoms with Gasteiger partial charge in [0, 0.05) is 11.1 Å². The lowest BCUT2D eigenvalue weighted by atomic mass is 10.1. The summed E-state index contributed by atoms with van der Waals surface area (Å²) in [4.78, 5) is 16.5. The molecule has 124 valence electrons. The first-order valence-corrected chi connectivity index (χ1v) is 7.45. The standard InChI is InChI=1S/C18H14N4O3/c1-24-15-8-7-13(9-14(15)10-19)17(23)20-11-16-21-18(25-22-16)12-5-3-2-4-6-12/h2-9H,11H2,1H3,(H,20,23). The summed E-state index contributed by atoms with van der Waals surface area (Å²) in [6.45, 7) is 0.114. The second-order valence-electron chi connectivity index (χ2n) is 5.09. The first-order valence-electron chi connectivity index (χ1n) is 7.45. The number of hydrogen-bond donors (Lipinski definition) is 1. The highest BCUT2D eigenvalue weighted by Crippen LogP contribution is 2.19. The fourth-order valence-electron chi connectivity index (χ4n) is 2.22. The van der Waals surface area contributed by atoms with Crippen LogP contribution in [0.2, 0.25) is 0 Å². The van der Waals surface area contributed by atoms with E-state index in [0.29, 0.717) is 28.6 Å². The third-order valence-electron chi connectivity index (χ3n) is 3.48. The second kappa shape index (κ2) is 7.27. The average molecular weight is 334 g/mol. The van der Waals surface area contributed by atoms with E-state index >= 15 is 0 Å². The van der Waals surface area contributed by atoms with E-state index in [9.17, 15) is 4.79 Å². The van der Waals surface area contributed by atoms with Gasteiger partial charge >= 0.3 is 0 Å². The third-order valence-corrected chi connectivity index (χ3v) is 3.48. The van der Waals surface area contributed by atoms with Crippen molar-refractivity contribution < 1.29 is 14.1 Å². The van der Waals surface area contributed by atoms with E-state index in [1.807, 2.05) is 36.4 Å². The molecule has 0 aliphatic heterocycles. The van der Waals surface area contributed by atoms with Crippen LogP contribution in [0.3, 0.4) is 0 Å². The third kappa shape index (κ3) is 3.64. The Bertz CT molecular complexity index is 929. The van der Waals surface area contributed by atoms with Crippen LogP contribution in [0.1, 0.15) is 21.7 Å². The van der Waals surface area contributed by atoms with Crippen molar-refractivity contribution in [2.45, 2.75) is 6.54 Å². The van der Waals surface area contributed by atoms with Crippen LogP contribution < -0.4 is 10.1 Å². The number of aromatic nitrogens is 2. The van der Waals surface area contributed by atoms with Crippen molar-refractivity contribution in [1.82, 2.24) is 15.5 Å². The number of carbonyl (C=O) groups is 1. The highest BCUT2D eigenvalue weighted by Gasteiger charge is 2.12. The molecule has 0 radical (unpaired) electrons. The van der Waals surface area contributed by atoms with Gasteiger partial charge in [0.05, 0.1) is 19.2 Å². The molecule has 1 heterocycles. The number of nitrogens with zero attached hydrogens (tertiary/aromatic N) is 3. The molecule has 3 aromatic rings. The van der Waals surface area contributed by atoms with Crippen molar-refractivity contribution in [1.29, 1.82) is 5.26 Å². The van der Waals surface area contributed by atoms with E-state index in [0.717, 1.165) is 5.56 Å². The first kappa shape index (κ1) is 16.2. The van der Waals surface area contributed by atoms with Crippen molar-refractivity contribution >= 4 is 5.91 Å². The average Bonchev–Trinajstić information content (AvgIpc) is 3.15. The van der Waals surface area contributed by atoms with Crippen LogP contribution in [0.5, 0.6) is 5.75 Å². The molecule has 0 fully saturated rings. The van der Waals surface area contributed by atoms with E-state index < -0.39 is 0 Å². The maximum atomic E-state index is 12.2. The number of ether oxygens (including phenoxy) is 1. The summed E-state index contributed by atoms with van der Waals surface area (Å²) in [6, 6.07) is 16.0. The van der Waals surface area contributed by atoms with Crippen LogP contribution in [0.25, 0.3) is 11.5 Å². The molecule has 0 atom stereocenters. The second-order valence-corrected chi connectivity index (χ2v) is 5.09. The predicted octanol–water partition coefficient (Wildman–Crippen LogP) is 2.55. The van der Waals surface area contributed by atoms with E-state index in [4.69, 9.17) is 14.5 Å². The monoisotopic (exact) mass is 334 g/mol. The normalized spacial score (nSPS) is 10.1. The molecule has 0 unspecified atom stereocenters. The fourth-order valence-corrected chi connectivity index (χ4v) is 2.22. The summed E-state index contributed by atoms with van der Waals surface area (Å²) in [5.41, 5.74) is 1.45. The largest absolute Gasteiger partial charge is 0.495 e. The molecule has 0 saturated heterocycles. The smallest absolute Gasteiger partial charge is 0.257 e. The molecule has 0 saturated carbocycles. The van der Waals surface area contributed by atoms with Gasteiger partial charge in [-0.3, -0.25) is 4.79 Å². The molecule has 0 spiro atoms. The molecule has 7 heteroatoms. The van der Waals surface area contributed by atoms with E-state index in [1.54, 1.807) is 12.1 Å². The Morgan fingerprint density at radius 2 is 2.08 bits per heavy atom. The summed E-state index contributed by atoms with van der Waals surface area (Å²) in [5.74, 6) is 0.831. The lowest BCUT2D eigenvalue weighted by Crippen LogP contribution is -2.23. The minimum Gasteiger partial charge on any atom is -0.495 e. The molecule has 0 bridgehead atoms. The van der Waals surface area contributed by atoms with Crippen LogP contribution in [0.4, 0.5) is 0 Å². The van der Waals surface area contributed by atoms with Crippen LogP contribution in [-0.2, 0) is 6.54 Å². The Kier molecular flexibility index (Phi) is 4.72. The number of benzene rings is 2. The lowest BCUT2D eigenvalue weighted by molar-refractivity contribution is 0.0949. The summed E-state index contributed by atoms with van der Waals surface area (Å²) in [6.07, 6.45) is 0. The number of amides is 1. The van der Waals surface area contributed by atoms with Gasteiger partial charge in [0.1, 0.15) is 11.8 Å². The Hall–Kier alpha value is -3.66. The zero-order valence-corrected chi connectivity index (χ0v) is 13.4. The molecule has 2 aromatic carbocycles. The lowest BCUT2D eigenvalue weighted by Gasteiger charge is -2.06. The molecule has 25 heavy (non-hydrogen) atoms. The number of hydrogen-bond acceptors (Lipinski definition) is 6. The van der Waals surface area contributed by atoms with Crippen LogP contribution >= 0.6 is 0 Å². The van der Waals surface area contributed by atoms with Gasteiger partial charge in [0.2, 0.25) is 0 Å². The molecule has 0 aliphatic carbocycles. The molecular weight excluding hydrogens is 320 g/mol. The summed E-state index contributed by atoms with van der Waals surface area (Å²) < 4.78 is 10.2. The number of carbonyl (C=O) groups excluding carboxylic acids is 1. The molecule has 0 aliphatic rings. The first-order chi connectivity index (χ1) is 12.2. The molecule has 7 nitrogen and oxygen atoms in total. The van der Waals surface area contributed by atoms with Gasteiger partial charge in [-0.2, -0.15) is 10.2 Å². The number of nitriles is 1. The number of methoxy groups -OCH3 is 1. The maximum absolute atomic E-state index is 12.2. The zero-order chi connectivity index (χ0) is 17.6. The predicted molar refractivity (Wildman–Crippen MR) is 88.6 cm³/mol. The van der Waals surface area contributed by atoms with Gasteiger partial charge in [-0.05, 0) is 30.3 Å². The van der Waals surface area contributed by atoms with Crippen molar-refractivity contribution in [2.24, 2.45) is 0 Å². The van der Waals surface area contributed by atoms with Gasteiger partial charge in [-0.15, -0.1) is 0 Å². The molecule has 1 aromatic heterocycles. The maximum Gasteiger partial charge on any atom is 0.257 e. The van der Waals surface area contributed by atoms with Crippen molar-refractivity contribution in [3.05, 3.63) is 65.5 Å². The van der Waals surface area contributed by atoms with Crippen molar-refractivity contribution in [3.63, 3.8) is 0 Å². The Morgan fingerprint density at radius 1 is 1.28 bits per heavy atom. The quantitative estimate of drug-likeness (QED) is 0.769. The summed E-state index contributed by atoms with van der Waals surface area (Å²) in [7, 11) is 1.47. The van der Waals surface area contributed by atoms with E-state index in [1.165, 1.54) is 13.2 Å². The summed E-state index contributed by atoms with van der Waals surface area (Å²) >= 11 is 0. The minimum atomic E-state index is -0.342. The SMILES string of the molecule is COc1ccc(C(=O)NCc2noc(-c3ccccc3)n2)cc1C#N. The minimum absolute atomic E-state index is 0.114. The summed E-state index contributed by atoms with van der Waals surface area (Å²) in [5, 5.41) is 15.6. The molecule has 1 N–H and O–H groups in total. The Balaban J connectivity index is 1.67. The van der Waals surface area contributed by atoms with Gasteiger partial charge in [-0.25, -0.2) is 0 Å². The van der Waals surface area contributed by atoms with Crippen LogP contribution in [0.15, 0.2) is 53.1 Å². The van der Waals surface area contributed by atoms with Crippen LogP contribution in [0, 0.1) is 11.3 Å². The highest BCUT2D eigenvalue weighted by molar-refractivity contribution is 5.94. The molecule has 1 amide bonds. The topological polar surface area (TPSA) is 101 Å². The van der Waals surface area contributed by atoms with Crippen molar-refractivity contribution in [3.8, 4) is 23.3 Å². The number of nitrogens with one attached hydrogen (secondary N) is 1. The van der Waals surface area contributed by atoms with E-state index in [2.05, 4.69) is 15.5 Å². The zero-order valence-electron chi connectivity index (χ0n) is 13.4. The van der Waals surface area contributed by atoms with Gasteiger partial charge in [0.15, 0.2) is 5.82 Å². The highest BCUT2D eigenvalue weighted by atomic mass is 16.5. The Labute approximate surface area is 143 Å². The fraction of sp³-hybridized carbons (Fsp3) is 0.111. The number of rotatable bonds is 5. The molecular formula is C18H14N4O3. The molecule has 3 rings (SSSR count). The van der Waals surface area contributed by atoms with Gasteiger partial charge < -0.3 is 14.6 Å². The van der Waals surface area contributed by atoms with Crippen LogP contribution in [-0.4, -0.2) is 23.2 Å².